The molecule has 2 N–H and O–H groups in total. The molecule has 3 rings (SSSR count). The average molecular weight is 398 g/mol. The summed E-state index contributed by atoms with van der Waals surface area (Å²) in [6.07, 6.45) is 0.218. The van der Waals surface area contributed by atoms with Gasteiger partial charge in [0.05, 0.1) is 12.3 Å². The summed E-state index contributed by atoms with van der Waals surface area (Å²) in [6.45, 7) is 0.818. The van der Waals surface area contributed by atoms with Crippen molar-refractivity contribution in [3.05, 3.63) is 59.9 Å². The van der Waals surface area contributed by atoms with Gasteiger partial charge in [-0.25, -0.2) is 26.3 Å². The summed E-state index contributed by atoms with van der Waals surface area (Å²) in [6, 6.07) is 11.0. The zero-order valence-corrected chi connectivity index (χ0v) is 15.6. The second-order valence-electron chi connectivity index (χ2n) is 6.66. The van der Waals surface area contributed by atoms with Gasteiger partial charge in [0.2, 0.25) is 10.0 Å². The van der Waals surface area contributed by atoms with Crippen LogP contribution in [-0.2, 0) is 16.4 Å². The van der Waals surface area contributed by atoms with E-state index in [4.69, 9.17) is 0 Å². The molecule has 2 aromatic carbocycles. The Balaban J connectivity index is 1.83. The van der Waals surface area contributed by atoms with E-state index in [1.54, 1.807) is 30.3 Å². The first-order valence-electron chi connectivity index (χ1n) is 8.66. The van der Waals surface area contributed by atoms with Gasteiger partial charge in [-0.1, -0.05) is 36.4 Å². The van der Waals surface area contributed by atoms with Crippen LogP contribution in [0, 0.1) is 5.82 Å². The Labute approximate surface area is 156 Å². The third-order valence-corrected chi connectivity index (χ3v) is 6.06. The maximum atomic E-state index is 14.2. The Bertz CT molecular complexity index is 919. The van der Waals surface area contributed by atoms with E-state index in [-0.39, 0.29) is 18.0 Å². The molecule has 0 aromatic heterocycles. The molecule has 0 aliphatic carbocycles. The molecule has 27 heavy (non-hydrogen) atoms. The number of benzene rings is 2. The first-order valence-corrected chi connectivity index (χ1v) is 10.3. The van der Waals surface area contributed by atoms with Gasteiger partial charge in [0, 0.05) is 6.04 Å². The highest BCUT2D eigenvalue weighted by molar-refractivity contribution is 7.89. The SMILES string of the molecule is CCS(=O)(=O)N[C@@H]1[C@H](Cc2cccc(-c3cccc(F)c3)c2)NCC1(F)F. The van der Waals surface area contributed by atoms with Crippen molar-refractivity contribution in [1.82, 2.24) is 10.0 Å². The Kier molecular flexibility index (Phi) is 5.60. The van der Waals surface area contributed by atoms with E-state index in [2.05, 4.69) is 10.0 Å². The van der Waals surface area contributed by atoms with Gasteiger partial charge in [-0.2, -0.15) is 0 Å². The van der Waals surface area contributed by atoms with Gasteiger partial charge in [0.15, 0.2) is 0 Å². The van der Waals surface area contributed by atoms with Crippen molar-refractivity contribution in [1.29, 1.82) is 0 Å². The van der Waals surface area contributed by atoms with Crippen LogP contribution in [0.25, 0.3) is 11.1 Å². The van der Waals surface area contributed by atoms with E-state index in [1.807, 2.05) is 6.07 Å². The highest BCUT2D eigenvalue weighted by Gasteiger charge is 2.51. The summed E-state index contributed by atoms with van der Waals surface area (Å²) in [5.41, 5.74) is 2.21. The minimum absolute atomic E-state index is 0.218. The van der Waals surface area contributed by atoms with Crippen molar-refractivity contribution in [3.8, 4) is 11.1 Å². The molecular weight excluding hydrogens is 377 g/mol. The summed E-state index contributed by atoms with van der Waals surface area (Å²) >= 11 is 0. The Morgan fingerprint density at radius 3 is 2.48 bits per heavy atom. The third kappa shape index (κ3) is 4.69. The molecule has 1 aliphatic rings. The summed E-state index contributed by atoms with van der Waals surface area (Å²) in [5, 5.41) is 2.72. The van der Waals surface area contributed by atoms with Gasteiger partial charge in [-0.3, -0.25) is 0 Å². The van der Waals surface area contributed by atoms with Crippen LogP contribution >= 0.6 is 0 Å². The largest absolute Gasteiger partial charge is 0.306 e. The van der Waals surface area contributed by atoms with Crippen molar-refractivity contribution >= 4 is 10.0 Å². The molecule has 1 saturated heterocycles. The van der Waals surface area contributed by atoms with Crippen LogP contribution in [0.1, 0.15) is 12.5 Å². The Morgan fingerprint density at radius 2 is 1.81 bits per heavy atom. The normalized spacial score (nSPS) is 22.1. The molecule has 0 radical (unpaired) electrons. The summed E-state index contributed by atoms with van der Waals surface area (Å²) in [4.78, 5) is 0. The second kappa shape index (κ2) is 7.61. The number of rotatable bonds is 6. The lowest BCUT2D eigenvalue weighted by Crippen LogP contribution is -2.51. The van der Waals surface area contributed by atoms with Crippen molar-refractivity contribution in [2.45, 2.75) is 31.4 Å². The van der Waals surface area contributed by atoms with E-state index >= 15 is 0 Å². The van der Waals surface area contributed by atoms with Crippen LogP contribution in [0.5, 0.6) is 0 Å². The van der Waals surface area contributed by atoms with Crippen molar-refractivity contribution in [2.24, 2.45) is 0 Å². The molecule has 1 fully saturated rings. The summed E-state index contributed by atoms with van der Waals surface area (Å²) < 4.78 is 67.6. The van der Waals surface area contributed by atoms with Crippen LogP contribution in [0.3, 0.4) is 0 Å². The fourth-order valence-corrected chi connectivity index (χ4v) is 4.11. The smallest absolute Gasteiger partial charge is 0.277 e. The zero-order chi connectivity index (χ0) is 19.7. The van der Waals surface area contributed by atoms with Crippen LogP contribution in [0.2, 0.25) is 0 Å². The van der Waals surface area contributed by atoms with E-state index in [0.717, 1.165) is 11.1 Å². The molecular formula is C19H21F3N2O2S. The van der Waals surface area contributed by atoms with E-state index in [1.165, 1.54) is 19.1 Å². The van der Waals surface area contributed by atoms with E-state index in [9.17, 15) is 21.6 Å². The fourth-order valence-electron chi connectivity index (χ4n) is 3.22. The van der Waals surface area contributed by atoms with Gasteiger partial charge in [0.25, 0.3) is 5.92 Å². The van der Waals surface area contributed by atoms with Gasteiger partial charge in [-0.05, 0) is 42.2 Å². The minimum Gasteiger partial charge on any atom is -0.306 e. The molecule has 2 atom stereocenters. The number of hydrogen-bond donors (Lipinski definition) is 2. The first-order chi connectivity index (χ1) is 12.7. The molecule has 8 heteroatoms. The zero-order valence-electron chi connectivity index (χ0n) is 14.8. The van der Waals surface area contributed by atoms with Gasteiger partial charge < -0.3 is 5.32 Å². The lowest BCUT2D eigenvalue weighted by atomic mass is 9.96. The van der Waals surface area contributed by atoms with Gasteiger partial charge >= 0.3 is 0 Å². The fraction of sp³-hybridized carbons (Fsp3) is 0.368. The van der Waals surface area contributed by atoms with Crippen molar-refractivity contribution < 1.29 is 21.6 Å². The highest BCUT2D eigenvalue weighted by Crippen LogP contribution is 2.29. The van der Waals surface area contributed by atoms with Crippen LogP contribution < -0.4 is 10.0 Å². The molecule has 1 heterocycles. The molecule has 0 bridgehead atoms. The third-order valence-electron chi connectivity index (χ3n) is 4.68. The number of halogens is 3. The topological polar surface area (TPSA) is 58.2 Å². The van der Waals surface area contributed by atoms with E-state index in [0.29, 0.717) is 5.56 Å². The number of hydrogen-bond acceptors (Lipinski definition) is 3. The minimum atomic E-state index is -3.77. The van der Waals surface area contributed by atoms with Crippen LogP contribution in [-0.4, -0.2) is 38.7 Å². The Hall–Kier alpha value is -1.90. The molecule has 4 nitrogen and oxygen atoms in total. The molecule has 2 aromatic rings. The molecule has 0 saturated carbocycles. The summed E-state index contributed by atoms with van der Waals surface area (Å²) in [7, 11) is -3.77. The molecule has 0 spiro atoms. The van der Waals surface area contributed by atoms with Gasteiger partial charge in [-0.15, -0.1) is 0 Å². The van der Waals surface area contributed by atoms with Gasteiger partial charge in [0.1, 0.15) is 11.9 Å². The Morgan fingerprint density at radius 1 is 1.15 bits per heavy atom. The average Bonchev–Trinajstić information content (AvgIpc) is 2.89. The standard InChI is InChI=1S/C19H21F3N2O2S/c1-2-27(25,26)24-18-17(23-12-19(18,21)22)10-13-5-3-6-14(9-13)15-7-4-8-16(20)11-15/h3-9,11,17-18,23-24H,2,10,12H2,1H3/t17-,18+/m0/s1. The summed E-state index contributed by atoms with van der Waals surface area (Å²) in [5.74, 6) is -3.79. The first kappa shape index (κ1) is 19.9. The second-order valence-corrected chi connectivity index (χ2v) is 8.70. The number of alkyl halides is 2. The number of nitrogens with one attached hydrogen (secondary N) is 2. The highest BCUT2D eigenvalue weighted by atomic mass is 32.2. The molecule has 1 aliphatic heterocycles. The molecule has 0 amide bonds. The van der Waals surface area contributed by atoms with Crippen LogP contribution in [0.15, 0.2) is 48.5 Å². The predicted molar refractivity (Wildman–Crippen MR) is 98.7 cm³/mol. The maximum absolute atomic E-state index is 14.2. The quantitative estimate of drug-likeness (QED) is 0.787. The number of sulfonamides is 1. The molecule has 0 unspecified atom stereocenters. The van der Waals surface area contributed by atoms with Crippen molar-refractivity contribution in [2.75, 3.05) is 12.3 Å². The molecule has 146 valence electrons. The lowest BCUT2D eigenvalue weighted by molar-refractivity contribution is -0.000847. The maximum Gasteiger partial charge on any atom is 0.277 e. The van der Waals surface area contributed by atoms with Crippen LogP contribution in [0.4, 0.5) is 13.2 Å². The van der Waals surface area contributed by atoms with Crippen molar-refractivity contribution in [3.63, 3.8) is 0 Å². The monoisotopic (exact) mass is 398 g/mol. The predicted octanol–water partition coefficient (Wildman–Crippen LogP) is 2.95. The lowest BCUT2D eigenvalue weighted by Gasteiger charge is -2.24. The van der Waals surface area contributed by atoms with E-state index < -0.39 is 34.6 Å².